The summed E-state index contributed by atoms with van der Waals surface area (Å²) in [6.07, 6.45) is 3.16. The molecular weight excluding hydrogens is 238 g/mol. The highest BCUT2D eigenvalue weighted by molar-refractivity contribution is 5.67. The van der Waals surface area contributed by atoms with Crippen LogP contribution in [0.15, 0.2) is 18.2 Å². The van der Waals surface area contributed by atoms with Gasteiger partial charge in [-0.3, -0.25) is 4.79 Å². The largest absolute Gasteiger partial charge is 0.481 e. The lowest BCUT2D eigenvalue weighted by Gasteiger charge is -2.17. The molecule has 0 spiro atoms. The molecule has 3 nitrogen and oxygen atoms in total. The van der Waals surface area contributed by atoms with E-state index >= 15 is 0 Å². The Hall–Kier alpha value is -1.35. The maximum Gasteiger partial charge on any atom is 0.304 e. The fraction of sp³-hybridized carbons (Fsp3) is 0.562. The van der Waals surface area contributed by atoms with Crippen LogP contribution in [-0.4, -0.2) is 23.7 Å². The molecule has 0 aliphatic carbocycles. The number of rotatable bonds is 8. The molecule has 0 heterocycles. The Morgan fingerprint density at radius 1 is 1.32 bits per heavy atom. The quantitative estimate of drug-likeness (QED) is 0.709. The molecule has 2 N–H and O–H groups in total. The summed E-state index contributed by atoms with van der Waals surface area (Å²) in [5, 5.41) is 12.3. The molecule has 0 saturated carbocycles. The number of unbranched alkanes of at least 4 members (excludes halogenated alkanes) is 1. The van der Waals surface area contributed by atoms with E-state index in [0.29, 0.717) is 0 Å². The van der Waals surface area contributed by atoms with Crippen LogP contribution in [0.25, 0.3) is 0 Å². The normalized spacial score (nSPS) is 12.4. The number of carboxylic acid groups (broad SMARTS) is 1. The highest BCUT2D eigenvalue weighted by Gasteiger charge is 2.13. The molecule has 1 unspecified atom stereocenters. The summed E-state index contributed by atoms with van der Waals surface area (Å²) in [6, 6.07) is 6.38. The number of benzene rings is 1. The lowest BCUT2D eigenvalue weighted by atomic mass is 9.99. The van der Waals surface area contributed by atoms with Crippen LogP contribution in [0, 0.1) is 13.8 Å². The minimum atomic E-state index is -0.738. The Balaban J connectivity index is 2.63. The molecule has 1 rings (SSSR count). The zero-order chi connectivity index (χ0) is 14.3. The monoisotopic (exact) mass is 263 g/mol. The predicted molar refractivity (Wildman–Crippen MR) is 78.6 cm³/mol. The van der Waals surface area contributed by atoms with Crippen molar-refractivity contribution in [3.63, 3.8) is 0 Å². The minimum Gasteiger partial charge on any atom is -0.481 e. The van der Waals surface area contributed by atoms with Crippen molar-refractivity contribution in [2.45, 2.75) is 52.5 Å². The van der Waals surface area contributed by atoms with E-state index < -0.39 is 5.97 Å². The van der Waals surface area contributed by atoms with Gasteiger partial charge in [-0.1, -0.05) is 31.5 Å². The summed E-state index contributed by atoms with van der Waals surface area (Å²) in [6.45, 7) is 7.21. The number of hydrogen-bond donors (Lipinski definition) is 2. The van der Waals surface area contributed by atoms with Crippen molar-refractivity contribution in [1.82, 2.24) is 5.32 Å². The number of nitrogens with one attached hydrogen (secondary N) is 1. The van der Waals surface area contributed by atoms with Gasteiger partial charge in [-0.05, 0) is 49.9 Å². The molecule has 3 heteroatoms. The van der Waals surface area contributed by atoms with Gasteiger partial charge in [0, 0.05) is 6.04 Å². The number of aliphatic carboxylic acids is 1. The maximum atomic E-state index is 10.9. The van der Waals surface area contributed by atoms with Crippen molar-refractivity contribution in [3.05, 3.63) is 34.9 Å². The van der Waals surface area contributed by atoms with Gasteiger partial charge in [-0.15, -0.1) is 0 Å². The molecule has 106 valence electrons. The summed E-state index contributed by atoms with van der Waals surface area (Å²) in [4.78, 5) is 10.9. The van der Waals surface area contributed by atoms with Crippen molar-refractivity contribution < 1.29 is 9.90 Å². The van der Waals surface area contributed by atoms with Crippen LogP contribution in [0.4, 0.5) is 0 Å². The maximum absolute atomic E-state index is 10.9. The molecule has 1 atom stereocenters. The van der Waals surface area contributed by atoms with Gasteiger partial charge in [-0.25, -0.2) is 0 Å². The highest BCUT2D eigenvalue weighted by Crippen LogP contribution is 2.12. The lowest BCUT2D eigenvalue weighted by Crippen LogP contribution is -2.34. The van der Waals surface area contributed by atoms with E-state index in [1.165, 1.54) is 16.7 Å². The summed E-state index contributed by atoms with van der Waals surface area (Å²) >= 11 is 0. The fourth-order valence-corrected chi connectivity index (χ4v) is 2.13. The average Bonchev–Trinajstić information content (AvgIpc) is 2.33. The lowest BCUT2D eigenvalue weighted by molar-refractivity contribution is -0.137. The van der Waals surface area contributed by atoms with Gasteiger partial charge >= 0.3 is 5.97 Å². The van der Waals surface area contributed by atoms with Crippen LogP contribution >= 0.6 is 0 Å². The summed E-state index contributed by atoms with van der Waals surface area (Å²) in [5.74, 6) is -0.738. The van der Waals surface area contributed by atoms with Gasteiger partial charge in [0.2, 0.25) is 0 Å². The van der Waals surface area contributed by atoms with Crippen molar-refractivity contribution in [3.8, 4) is 0 Å². The van der Waals surface area contributed by atoms with Crippen LogP contribution in [0.3, 0.4) is 0 Å². The molecule has 0 bridgehead atoms. The molecule has 19 heavy (non-hydrogen) atoms. The minimum absolute atomic E-state index is 0.0196. The first kappa shape index (κ1) is 15.7. The van der Waals surface area contributed by atoms with Crippen molar-refractivity contribution in [2.75, 3.05) is 6.54 Å². The van der Waals surface area contributed by atoms with Gasteiger partial charge in [0.25, 0.3) is 0 Å². The second kappa shape index (κ2) is 7.95. The third-order valence-electron chi connectivity index (χ3n) is 3.44. The Labute approximate surface area is 116 Å². The van der Waals surface area contributed by atoms with E-state index in [4.69, 9.17) is 5.11 Å². The number of carboxylic acids is 1. The Morgan fingerprint density at radius 2 is 2.05 bits per heavy atom. The van der Waals surface area contributed by atoms with E-state index in [9.17, 15) is 4.79 Å². The smallest absolute Gasteiger partial charge is 0.304 e. The first-order chi connectivity index (χ1) is 9.02. The van der Waals surface area contributed by atoms with Gasteiger partial charge < -0.3 is 10.4 Å². The van der Waals surface area contributed by atoms with Crippen molar-refractivity contribution in [2.24, 2.45) is 0 Å². The molecule has 0 aromatic heterocycles. The number of aryl methyl sites for hydroxylation is 2. The van der Waals surface area contributed by atoms with E-state index in [1.807, 2.05) is 0 Å². The number of carbonyl (C=O) groups is 1. The van der Waals surface area contributed by atoms with Gasteiger partial charge in [0.15, 0.2) is 0 Å². The molecule has 0 amide bonds. The second-order valence-electron chi connectivity index (χ2n) is 5.23. The fourth-order valence-electron chi connectivity index (χ4n) is 2.13. The predicted octanol–water partition coefficient (Wildman–Crippen LogP) is 3.08. The molecule has 1 aromatic rings. The third-order valence-corrected chi connectivity index (χ3v) is 3.44. The number of hydrogen-bond acceptors (Lipinski definition) is 2. The molecule has 0 aliphatic rings. The van der Waals surface area contributed by atoms with E-state index in [1.54, 1.807) is 0 Å². The van der Waals surface area contributed by atoms with Crippen LogP contribution in [0.1, 0.15) is 42.9 Å². The van der Waals surface area contributed by atoms with Crippen LogP contribution in [-0.2, 0) is 11.2 Å². The summed E-state index contributed by atoms with van der Waals surface area (Å²) in [7, 11) is 0. The molecule has 0 fully saturated rings. The Bertz CT molecular complexity index is 415. The standard InChI is InChI=1S/C16H25NO2/c1-4-5-8-17-15(11-16(18)19)10-14-7-6-12(2)13(3)9-14/h6-7,9,15,17H,4-5,8,10-11H2,1-3H3,(H,18,19). The van der Waals surface area contributed by atoms with Gasteiger partial charge in [-0.2, -0.15) is 0 Å². The SMILES string of the molecule is CCCCNC(CC(=O)O)Cc1ccc(C)c(C)c1. The highest BCUT2D eigenvalue weighted by atomic mass is 16.4. The van der Waals surface area contributed by atoms with E-state index in [0.717, 1.165) is 25.8 Å². The van der Waals surface area contributed by atoms with Crippen molar-refractivity contribution in [1.29, 1.82) is 0 Å². The summed E-state index contributed by atoms with van der Waals surface area (Å²) in [5.41, 5.74) is 3.75. The Kier molecular flexibility index (Phi) is 6.57. The molecule has 0 saturated heterocycles. The summed E-state index contributed by atoms with van der Waals surface area (Å²) < 4.78 is 0. The average molecular weight is 263 g/mol. The second-order valence-corrected chi connectivity index (χ2v) is 5.23. The molecule has 0 aliphatic heterocycles. The molecule has 0 radical (unpaired) electrons. The van der Waals surface area contributed by atoms with Crippen LogP contribution in [0.5, 0.6) is 0 Å². The van der Waals surface area contributed by atoms with Gasteiger partial charge in [0.1, 0.15) is 0 Å². The zero-order valence-corrected chi connectivity index (χ0v) is 12.2. The van der Waals surface area contributed by atoms with E-state index in [2.05, 4.69) is 44.3 Å². The molecule has 1 aromatic carbocycles. The first-order valence-corrected chi connectivity index (χ1v) is 7.04. The zero-order valence-electron chi connectivity index (χ0n) is 12.2. The van der Waals surface area contributed by atoms with E-state index in [-0.39, 0.29) is 12.5 Å². The topological polar surface area (TPSA) is 49.3 Å². The van der Waals surface area contributed by atoms with Crippen LogP contribution < -0.4 is 5.32 Å². The first-order valence-electron chi connectivity index (χ1n) is 7.04. The van der Waals surface area contributed by atoms with Gasteiger partial charge in [0.05, 0.1) is 6.42 Å². The van der Waals surface area contributed by atoms with Crippen LogP contribution in [0.2, 0.25) is 0 Å². The molecular formula is C16H25NO2. The third kappa shape index (κ3) is 5.88. The van der Waals surface area contributed by atoms with Crippen molar-refractivity contribution >= 4 is 5.97 Å². The Morgan fingerprint density at radius 3 is 2.63 bits per heavy atom.